The first-order valence-corrected chi connectivity index (χ1v) is 10.3. The molecule has 150 valence electrons. The molecule has 0 radical (unpaired) electrons. The van der Waals surface area contributed by atoms with Gasteiger partial charge in [0.05, 0.1) is 17.6 Å². The molecule has 31 heavy (non-hydrogen) atoms. The number of imidazole rings is 1. The number of anilines is 1. The first-order valence-electron chi connectivity index (χ1n) is 10.3. The molecule has 10 heteroatoms. The molecule has 4 aromatic rings. The molecular weight excluding hydrogens is 382 g/mol. The SMILES string of the molecule is Bc1c(B)c(C(=O)Nc2cc3cc(-c4cnc(C)n4C)ncc3cn2)c(B)c(B)c1C. The molecule has 3 heterocycles. The summed E-state index contributed by atoms with van der Waals surface area (Å²) in [4.78, 5) is 26.5. The van der Waals surface area contributed by atoms with Crippen LogP contribution in [0.1, 0.15) is 21.7 Å². The van der Waals surface area contributed by atoms with Gasteiger partial charge in [-0.3, -0.25) is 9.78 Å². The molecule has 4 rings (SSSR count). The molecule has 1 N–H and O–H groups in total. The Kier molecular flexibility index (Phi) is 5.25. The van der Waals surface area contributed by atoms with Crippen LogP contribution in [-0.2, 0) is 7.05 Å². The van der Waals surface area contributed by atoms with Crippen molar-refractivity contribution in [3.8, 4) is 11.4 Å². The highest BCUT2D eigenvalue weighted by Crippen LogP contribution is 2.23. The van der Waals surface area contributed by atoms with Gasteiger partial charge >= 0.3 is 0 Å². The first-order chi connectivity index (χ1) is 14.7. The number of pyridine rings is 2. The third-order valence-corrected chi connectivity index (χ3v) is 6.55. The van der Waals surface area contributed by atoms with Crippen molar-refractivity contribution in [3.05, 3.63) is 47.7 Å². The van der Waals surface area contributed by atoms with E-state index in [1.54, 1.807) is 12.4 Å². The van der Waals surface area contributed by atoms with Gasteiger partial charge in [0.15, 0.2) is 0 Å². The molecule has 6 nitrogen and oxygen atoms in total. The van der Waals surface area contributed by atoms with E-state index in [2.05, 4.69) is 42.9 Å². The van der Waals surface area contributed by atoms with Gasteiger partial charge in [-0.2, -0.15) is 0 Å². The van der Waals surface area contributed by atoms with Gasteiger partial charge in [0.25, 0.3) is 5.91 Å². The summed E-state index contributed by atoms with van der Waals surface area (Å²) in [6.07, 6.45) is 5.36. The fourth-order valence-electron chi connectivity index (χ4n) is 4.01. The monoisotopic (exact) mass is 405 g/mol. The summed E-state index contributed by atoms with van der Waals surface area (Å²) in [6, 6.07) is 3.89. The number of fused-ring (bicyclic) bond motifs is 1. The topological polar surface area (TPSA) is 72.7 Å². The van der Waals surface area contributed by atoms with Crippen LogP contribution in [0.2, 0.25) is 0 Å². The number of hydrogen-bond acceptors (Lipinski definition) is 4. The van der Waals surface area contributed by atoms with Crippen LogP contribution in [0.5, 0.6) is 0 Å². The molecule has 0 aliphatic rings. The number of carbonyl (C=O) groups excluding carboxylic acids is 1. The molecule has 1 amide bonds. The molecule has 0 saturated carbocycles. The second kappa shape index (κ2) is 7.76. The van der Waals surface area contributed by atoms with Crippen molar-refractivity contribution in [2.45, 2.75) is 13.8 Å². The third-order valence-electron chi connectivity index (χ3n) is 6.55. The van der Waals surface area contributed by atoms with E-state index in [0.717, 1.165) is 55.4 Å². The van der Waals surface area contributed by atoms with E-state index in [9.17, 15) is 4.79 Å². The normalized spacial score (nSPS) is 11.1. The van der Waals surface area contributed by atoms with Gasteiger partial charge < -0.3 is 9.88 Å². The molecular formula is C21H23B4N5O. The number of rotatable bonds is 3. The van der Waals surface area contributed by atoms with Crippen LogP contribution in [0.15, 0.2) is 30.7 Å². The van der Waals surface area contributed by atoms with Crippen molar-refractivity contribution in [2.24, 2.45) is 7.05 Å². The van der Waals surface area contributed by atoms with Crippen LogP contribution in [0.4, 0.5) is 5.82 Å². The van der Waals surface area contributed by atoms with Gasteiger partial charge in [0.1, 0.15) is 43.0 Å². The van der Waals surface area contributed by atoms with Gasteiger partial charge in [0.2, 0.25) is 0 Å². The second-order valence-electron chi connectivity index (χ2n) is 8.19. The van der Waals surface area contributed by atoms with E-state index in [1.165, 1.54) is 5.56 Å². The molecule has 3 aromatic heterocycles. The van der Waals surface area contributed by atoms with Crippen LogP contribution in [-0.4, -0.2) is 56.8 Å². The molecule has 0 spiro atoms. The Morgan fingerprint density at radius 2 is 1.52 bits per heavy atom. The number of benzene rings is 1. The summed E-state index contributed by atoms with van der Waals surface area (Å²) in [7, 11) is 10.1. The Labute approximate surface area is 185 Å². The fourth-order valence-corrected chi connectivity index (χ4v) is 4.01. The molecule has 0 unspecified atom stereocenters. The molecule has 0 fully saturated rings. The predicted molar refractivity (Wildman–Crippen MR) is 138 cm³/mol. The van der Waals surface area contributed by atoms with E-state index in [0.29, 0.717) is 5.82 Å². The zero-order valence-electron chi connectivity index (χ0n) is 19.1. The lowest BCUT2D eigenvalue weighted by molar-refractivity contribution is 0.102. The van der Waals surface area contributed by atoms with Crippen molar-refractivity contribution in [1.82, 2.24) is 19.5 Å². The van der Waals surface area contributed by atoms with Gasteiger partial charge in [-0.05, 0) is 31.4 Å². The average Bonchev–Trinajstić information content (AvgIpc) is 3.09. The standard InChI is InChI=1S/C21H23B4N5O/c1-9-17(22)19(24)16(20(25)18(9)23)21(31)29-15-5-11-4-13(27-6-12(11)7-28-15)14-8-26-10(2)30(14)3/h4-8H,22-25H2,1-3H3,(H,28,29,31). The van der Waals surface area contributed by atoms with Crippen LogP contribution in [0, 0.1) is 13.8 Å². The summed E-state index contributed by atoms with van der Waals surface area (Å²) in [5.41, 5.74) is 8.07. The minimum absolute atomic E-state index is 0.135. The van der Waals surface area contributed by atoms with E-state index in [-0.39, 0.29) is 5.91 Å². The summed E-state index contributed by atoms with van der Waals surface area (Å²) >= 11 is 0. The Morgan fingerprint density at radius 1 is 0.871 bits per heavy atom. The van der Waals surface area contributed by atoms with Gasteiger partial charge in [0, 0.05) is 30.4 Å². The number of amides is 1. The summed E-state index contributed by atoms with van der Waals surface area (Å²) in [5, 5.41) is 4.86. The number of hydrogen-bond donors (Lipinski definition) is 1. The van der Waals surface area contributed by atoms with Crippen LogP contribution < -0.4 is 27.2 Å². The van der Waals surface area contributed by atoms with Crippen molar-refractivity contribution in [2.75, 3.05) is 5.32 Å². The average molecular weight is 405 g/mol. The lowest BCUT2D eigenvalue weighted by atomic mass is 9.64. The van der Waals surface area contributed by atoms with Crippen molar-refractivity contribution >= 4 is 75.7 Å². The van der Waals surface area contributed by atoms with E-state index >= 15 is 0 Å². The highest BCUT2D eigenvalue weighted by molar-refractivity contribution is 6.60. The van der Waals surface area contributed by atoms with Gasteiger partial charge in [-0.25, -0.2) is 9.97 Å². The zero-order valence-corrected chi connectivity index (χ0v) is 19.1. The summed E-state index contributed by atoms with van der Waals surface area (Å²) in [5.74, 6) is 1.31. The summed E-state index contributed by atoms with van der Waals surface area (Å²) < 4.78 is 2.01. The quantitative estimate of drug-likeness (QED) is 0.368. The Bertz CT molecular complexity index is 1340. The number of nitrogens with zero attached hydrogens (tertiary/aromatic N) is 4. The maximum absolute atomic E-state index is 13.2. The number of aryl methyl sites for hydroxylation is 1. The van der Waals surface area contributed by atoms with Crippen molar-refractivity contribution in [1.29, 1.82) is 0 Å². The largest absolute Gasteiger partial charge is 0.330 e. The van der Waals surface area contributed by atoms with Crippen LogP contribution in [0.25, 0.3) is 22.2 Å². The highest BCUT2D eigenvalue weighted by Gasteiger charge is 2.18. The van der Waals surface area contributed by atoms with E-state index in [4.69, 9.17) is 0 Å². The minimum Gasteiger partial charge on any atom is -0.330 e. The van der Waals surface area contributed by atoms with Crippen LogP contribution >= 0.6 is 0 Å². The highest BCUT2D eigenvalue weighted by atomic mass is 16.1. The van der Waals surface area contributed by atoms with Crippen molar-refractivity contribution < 1.29 is 4.79 Å². The number of carbonyl (C=O) groups is 1. The van der Waals surface area contributed by atoms with Gasteiger partial charge in [-0.1, -0.05) is 27.4 Å². The Hall–Kier alpha value is -3.28. The second-order valence-corrected chi connectivity index (χ2v) is 8.19. The lowest BCUT2D eigenvalue weighted by Gasteiger charge is -2.19. The van der Waals surface area contributed by atoms with Crippen molar-refractivity contribution in [3.63, 3.8) is 0 Å². The molecule has 1 aromatic carbocycles. The maximum atomic E-state index is 13.2. The Morgan fingerprint density at radius 3 is 2.13 bits per heavy atom. The molecule has 0 aliphatic heterocycles. The van der Waals surface area contributed by atoms with Gasteiger partial charge in [-0.15, -0.1) is 0 Å². The molecule has 0 aliphatic carbocycles. The molecule has 0 saturated heterocycles. The smallest absolute Gasteiger partial charge is 0.255 e. The lowest BCUT2D eigenvalue weighted by Crippen LogP contribution is -2.49. The maximum Gasteiger partial charge on any atom is 0.255 e. The zero-order chi connectivity index (χ0) is 22.4. The Balaban J connectivity index is 1.71. The predicted octanol–water partition coefficient (Wildman–Crippen LogP) is -3.07. The summed E-state index contributed by atoms with van der Waals surface area (Å²) in [6.45, 7) is 4.06. The first kappa shape index (κ1) is 21.0. The number of nitrogens with one attached hydrogen (secondary N) is 1. The third kappa shape index (κ3) is 3.56. The molecule has 0 bridgehead atoms. The van der Waals surface area contributed by atoms with E-state index < -0.39 is 0 Å². The van der Waals surface area contributed by atoms with E-state index in [1.807, 2.05) is 52.6 Å². The molecule has 0 atom stereocenters. The fraction of sp³-hybridized carbons (Fsp3) is 0.143. The van der Waals surface area contributed by atoms with Crippen LogP contribution in [0.3, 0.4) is 0 Å². The minimum atomic E-state index is -0.135. The number of aromatic nitrogens is 4.